The predicted molar refractivity (Wildman–Crippen MR) is 83.6 cm³/mol. The molecular weight excluding hydrogens is 304 g/mol. The molecule has 0 saturated heterocycles. The molecule has 0 rings (SSSR count). The number of carbonyl (C=O) groups excluding carboxylic acids is 3. The quantitative estimate of drug-likeness (QED) is 0.613. The predicted octanol–water partition coefficient (Wildman–Crippen LogP) is 0.576. The molecule has 0 radical (unpaired) electrons. The second kappa shape index (κ2) is 8.14. The highest BCUT2D eigenvalue weighted by molar-refractivity contribution is 5.91. The van der Waals surface area contributed by atoms with Crippen molar-refractivity contribution in [2.75, 3.05) is 13.7 Å². The van der Waals surface area contributed by atoms with Crippen LogP contribution in [0, 0.1) is 5.92 Å². The number of alkyl carbamates (subject to hydrolysis) is 1. The maximum atomic E-state index is 12.4. The van der Waals surface area contributed by atoms with Crippen molar-refractivity contribution in [2.45, 2.75) is 58.7 Å². The number of amides is 2. The van der Waals surface area contributed by atoms with Gasteiger partial charge in [0, 0.05) is 0 Å². The molecule has 0 heterocycles. The molecule has 0 saturated carbocycles. The van der Waals surface area contributed by atoms with Crippen molar-refractivity contribution in [2.24, 2.45) is 5.92 Å². The Hall–Kier alpha value is -1.83. The van der Waals surface area contributed by atoms with Crippen molar-refractivity contribution in [1.29, 1.82) is 0 Å². The van der Waals surface area contributed by atoms with Gasteiger partial charge in [-0.15, -0.1) is 0 Å². The first-order valence-electron chi connectivity index (χ1n) is 7.37. The van der Waals surface area contributed by atoms with Crippen LogP contribution in [-0.4, -0.2) is 54.0 Å². The smallest absolute Gasteiger partial charge is 0.408 e. The van der Waals surface area contributed by atoms with Crippen LogP contribution in [-0.2, 0) is 19.1 Å². The minimum absolute atomic E-state index is 0.261. The van der Waals surface area contributed by atoms with E-state index in [1.54, 1.807) is 34.6 Å². The molecule has 0 spiro atoms. The summed E-state index contributed by atoms with van der Waals surface area (Å²) in [5, 5.41) is 14.2. The zero-order valence-electron chi connectivity index (χ0n) is 14.9. The van der Waals surface area contributed by atoms with Gasteiger partial charge in [0.2, 0.25) is 5.91 Å². The van der Waals surface area contributed by atoms with Crippen LogP contribution in [0.1, 0.15) is 41.5 Å². The van der Waals surface area contributed by atoms with Crippen LogP contribution in [0.3, 0.4) is 0 Å². The van der Waals surface area contributed by atoms with Crippen LogP contribution in [0.5, 0.6) is 0 Å². The van der Waals surface area contributed by atoms with E-state index >= 15 is 0 Å². The van der Waals surface area contributed by atoms with Crippen molar-refractivity contribution < 1.29 is 29.0 Å². The highest BCUT2D eigenvalue weighted by atomic mass is 16.6. The Morgan fingerprint density at radius 1 is 1.13 bits per heavy atom. The molecule has 0 aliphatic carbocycles. The van der Waals surface area contributed by atoms with Crippen LogP contribution >= 0.6 is 0 Å². The second-order valence-electron chi connectivity index (χ2n) is 6.84. The average molecular weight is 332 g/mol. The van der Waals surface area contributed by atoms with Gasteiger partial charge < -0.3 is 25.2 Å². The van der Waals surface area contributed by atoms with E-state index in [9.17, 15) is 19.5 Å². The maximum Gasteiger partial charge on any atom is 0.408 e. The van der Waals surface area contributed by atoms with Crippen molar-refractivity contribution in [1.82, 2.24) is 10.6 Å². The Labute approximate surface area is 136 Å². The first-order valence-corrected chi connectivity index (χ1v) is 7.37. The molecule has 3 N–H and O–H groups in total. The van der Waals surface area contributed by atoms with Crippen LogP contribution in [0.25, 0.3) is 0 Å². The van der Waals surface area contributed by atoms with Gasteiger partial charge in [0.1, 0.15) is 11.6 Å². The van der Waals surface area contributed by atoms with Crippen molar-refractivity contribution in [3.8, 4) is 0 Å². The molecule has 2 unspecified atom stereocenters. The zero-order chi connectivity index (χ0) is 18.4. The Balaban J connectivity index is 5.07. The van der Waals surface area contributed by atoms with Crippen LogP contribution in [0.15, 0.2) is 0 Å². The molecule has 0 aromatic carbocycles. The molecule has 8 nitrogen and oxygen atoms in total. The average Bonchev–Trinajstić information content (AvgIpc) is 2.41. The molecule has 2 amide bonds. The summed E-state index contributed by atoms with van der Waals surface area (Å²) in [7, 11) is 1.15. The van der Waals surface area contributed by atoms with E-state index < -0.39 is 41.8 Å². The van der Waals surface area contributed by atoms with Gasteiger partial charge in [0.25, 0.3) is 0 Å². The Morgan fingerprint density at radius 3 is 2.00 bits per heavy atom. The van der Waals surface area contributed by atoms with Crippen LogP contribution in [0.2, 0.25) is 0 Å². The molecule has 0 fully saturated rings. The number of aliphatic hydroxyl groups is 1. The fourth-order valence-corrected chi connectivity index (χ4v) is 1.70. The number of aliphatic hydroxyl groups excluding tert-OH is 1. The van der Waals surface area contributed by atoms with E-state index in [0.717, 1.165) is 7.11 Å². The lowest BCUT2D eigenvalue weighted by Gasteiger charge is -2.30. The van der Waals surface area contributed by atoms with E-state index in [-0.39, 0.29) is 5.92 Å². The number of methoxy groups -OCH3 is 1. The third-order valence-electron chi connectivity index (χ3n) is 2.97. The van der Waals surface area contributed by atoms with E-state index in [4.69, 9.17) is 4.74 Å². The number of ether oxygens (including phenoxy) is 2. The van der Waals surface area contributed by atoms with Crippen LogP contribution in [0.4, 0.5) is 4.79 Å². The summed E-state index contributed by atoms with van der Waals surface area (Å²) in [4.78, 5) is 35.9. The molecule has 0 aromatic heterocycles. The van der Waals surface area contributed by atoms with Crippen LogP contribution < -0.4 is 10.6 Å². The minimum Gasteiger partial charge on any atom is -0.467 e. The summed E-state index contributed by atoms with van der Waals surface area (Å²) < 4.78 is 9.69. The Kier molecular flexibility index (Phi) is 7.50. The molecule has 0 aliphatic heterocycles. The number of nitrogens with one attached hydrogen (secondary N) is 2. The molecule has 23 heavy (non-hydrogen) atoms. The molecule has 0 aromatic rings. The lowest BCUT2D eigenvalue weighted by atomic mass is 9.99. The van der Waals surface area contributed by atoms with Gasteiger partial charge in [-0.3, -0.25) is 4.79 Å². The summed E-state index contributed by atoms with van der Waals surface area (Å²) in [6, 6.07) is -0.930. The number of esters is 1. The minimum atomic E-state index is -1.59. The summed E-state index contributed by atoms with van der Waals surface area (Å²) in [5.41, 5.74) is -2.29. The maximum absolute atomic E-state index is 12.4. The molecule has 8 heteroatoms. The van der Waals surface area contributed by atoms with Gasteiger partial charge in [-0.2, -0.15) is 0 Å². The van der Waals surface area contributed by atoms with Gasteiger partial charge in [-0.05, 0) is 33.6 Å². The van der Waals surface area contributed by atoms with Crippen molar-refractivity contribution in [3.05, 3.63) is 0 Å². The van der Waals surface area contributed by atoms with E-state index in [0.29, 0.717) is 0 Å². The number of hydrogen-bond acceptors (Lipinski definition) is 6. The number of carbonyl (C=O) groups is 3. The van der Waals surface area contributed by atoms with Gasteiger partial charge in [0.15, 0.2) is 5.54 Å². The fourth-order valence-electron chi connectivity index (χ4n) is 1.70. The lowest BCUT2D eigenvalue weighted by molar-refractivity contribution is -0.152. The lowest BCUT2D eigenvalue weighted by Crippen LogP contribution is -2.61. The summed E-state index contributed by atoms with van der Waals surface area (Å²) in [5.74, 6) is -1.66. The standard InChI is InChI=1S/C15H28N2O6/c1-9(2)10(16-13(21)23-14(3,4)5)11(19)17-15(6,8-18)12(20)22-7/h9-10,18H,8H2,1-7H3,(H,16,21)(H,17,19). The number of hydrogen-bond donors (Lipinski definition) is 3. The first kappa shape index (κ1) is 21.2. The second-order valence-corrected chi connectivity index (χ2v) is 6.84. The van der Waals surface area contributed by atoms with E-state index in [2.05, 4.69) is 15.4 Å². The van der Waals surface area contributed by atoms with Gasteiger partial charge in [0.05, 0.1) is 13.7 Å². The first-order chi connectivity index (χ1) is 10.4. The Morgan fingerprint density at radius 2 is 1.65 bits per heavy atom. The molecular formula is C15H28N2O6. The SMILES string of the molecule is COC(=O)C(C)(CO)NC(=O)C(NC(=O)OC(C)(C)C)C(C)C. The third kappa shape index (κ3) is 6.85. The normalized spacial score (nSPS) is 15.3. The molecule has 134 valence electrons. The molecule has 0 bridgehead atoms. The van der Waals surface area contributed by atoms with Crippen molar-refractivity contribution in [3.63, 3.8) is 0 Å². The summed E-state index contributed by atoms with van der Waals surface area (Å²) >= 11 is 0. The monoisotopic (exact) mass is 332 g/mol. The van der Waals surface area contributed by atoms with Crippen molar-refractivity contribution >= 4 is 18.0 Å². The molecule has 0 aliphatic rings. The highest BCUT2D eigenvalue weighted by Crippen LogP contribution is 2.11. The van der Waals surface area contributed by atoms with Gasteiger partial charge >= 0.3 is 12.1 Å². The fraction of sp³-hybridized carbons (Fsp3) is 0.800. The summed E-state index contributed by atoms with van der Waals surface area (Å²) in [6.45, 7) is 9.28. The van der Waals surface area contributed by atoms with Gasteiger partial charge in [-0.1, -0.05) is 13.8 Å². The molecule has 2 atom stereocenters. The third-order valence-corrected chi connectivity index (χ3v) is 2.97. The zero-order valence-corrected chi connectivity index (χ0v) is 14.9. The number of rotatable bonds is 6. The Bertz CT molecular complexity index is 444. The van der Waals surface area contributed by atoms with Gasteiger partial charge in [-0.25, -0.2) is 9.59 Å². The highest BCUT2D eigenvalue weighted by Gasteiger charge is 2.38. The largest absolute Gasteiger partial charge is 0.467 e. The van der Waals surface area contributed by atoms with E-state index in [1.807, 2.05) is 0 Å². The van der Waals surface area contributed by atoms with E-state index in [1.165, 1.54) is 6.92 Å². The topological polar surface area (TPSA) is 114 Å². The summed E-state index contributed by atoms with van der Waals surface area (Å²) in [6.07, 6.45) is -0.741.